The van der Waals surface area contributed by atoms with E-state index in [2.05, 4.69) is 39.5 Å². The molecule has 0 aromatic carbocycles. The molecule has 2 heteroatoms. The normalized spacial score (nSPS) is 34.5. The molecule has 3 unspecified atom stereocenters. The van der Waals surface area contributed by atoms with E-state index < -0.39 is 0 Å². The van der Waals surface area contributed by atoms with Crippen LogP contribution in [0.5, 0.6) is 0 Å². The highest BCUT2D eigenvalue weighted by atomic mass is 32.2. The summed E-state index contributed by atoms with van der Waals surface area (Å²) in [4.78, 5) is 0. The molecule has 1 fully saturated rings. The molecular formula is C12H25NS. The Bertz CT molecular complexity index is 174. The van der Waals surface area contributed by atoms with Gasteiger partial charge < -0.3 is 5.73 Å². The largest absolute Gasteiger partial charge is 0.327 e. The summed E-state index contributed by atoms with van der Waals surface area (Å²) in [6, 6.07) is 0.443. The highest BCUT2D eigenvalue weighted by Crippen LogP contribution is 2.40. The molecule has 0 aliphatic heterocycles. The van der Waals surface area contributed by atoms with E-state index in [0.29, 0.717) is 16.7 Å². The van der Waals surface area contributed by atoms with E-state index >= 15 is 0 Å². The number of thioether (sulfide) groups is 1. The third-order valence-electron chi connectivity index (χ3n) is 3.45. The zero-order valence-electron chi connectivity index (χ0n) is 10.0. The van der Waals surface area contributed by atoms with E-state index in [0.717, 1.165) is 5.92 Å². The third-order valence-corrected chi connectivity index (χ3v) is 4.75. The Kier molecular flexibility index (Phi) is 4.32. The Morgan fingerprint density at radius 2 is 1.93 bits per heavy atom. The minimum absolute atomic E-state index is 0.443. The lowest BCUT2D eigenvalue weighted by molar-refractivity contribution is 0.174. The summed E-state index contributed by atoms with van der Waals surface area (Å²) in [5.74, 6) is 2.07. The van der Waals surface area contributed by atoms with Gasteiger partial charge in [0.05, 0.1) is 0 Å². The summed E-state index contributed by atoms with van der Waals surface area (Å²) in [5.41, 5.74) is 6.61. The Hall–Kier alpha value is 0.310. The van der Waals surface area contributed by atoms with Crippen LogP contribution in [-0.2, 0) is 0 Å². The van der Waals surface area contributed by atoms with Crippen molar-refractivity contribution in [3.63, 3.8) is 0 Å². The van der Waals surface area contributed by atoms with Gasteiger partial charge in [0.1, 0.15) is 0 Å². The van der Waals surface area contributed by atoms with Crippen molar-refractivity contribution in [1.29, 1.82) is 0 Å². The molecule has 0 aromatic rings. The molecule has 3 atom stereocenters. The smallest absolute Gasteiger partial charge is 0.0201 e. The van der Waals surface area contributed by atoms with Crippen LogP contribution >= 0.6 is 11.8 Å². The highest BCUT2D eigenvalue weighted by Gasteiger charge is 2.34. The summed E-state index contributed by atoms with van der Waals surface area (Å²) < 4.78 is 0. The highest BCUT2D eigenvalue weighted by molar-refractivity contribution is 7.99. The van der Waals surface area contributed by atoms with Crippen molar-refractivity contribution in [3.05, 3.63) is 0 Å². The van der Waals surface area contributed by atoms with Crippen molar-refractivity contribution in [2.75, 3.05) is 5.75 Å². The molecule has 0 aromatic heterocycles. The zero-order chi connectivity index (χ0) is 10.8. The van der Waals surface area contributed by atoms with Gasteiger partial charge in [-0.15, -0.1) is 0 Å². The molecule has 1 nitrogen and oxygen atoms in total. The minimum Gasteiger partial charge on any atom is -0.327 e. The van der Waals surface area contributed by atoms with Crippen LogP contribution in [0.4, 0.5) is 0 Å². The fraction of sp³-hybridized carbons (Fsp3) is 1.00. The summed E-state index contributed by atoms with van der Waals surface area (Å²) in [5, 5.41) is 0.706. The van der Waals surface area contributed by atoms with E-state index in [9.17, 15) is 0 Å². The summed E-state index contributed by atoms with van der Waals surface area (Å²) in [6.45, 7) is 9.32. The van der Waals surface area contributed by atoms with Crippen LogP contribution in [0.2, 0.25) is 0 Å². The average molecular weight is 215 g/mol. The van der Waals surface area contributed by atoms with Crippen LogP contribution in [0, 0.1) is 11.3 Å². The quantitative estimate of drug-likeness (QED) is 0.765. The van der Waals surface area contributed by atoms with E-state index in [4.69, 9.17) is 5.73 Å². The first-order chi connectivity index (χ1) is 6.45. The van der Waals surface area contributed by atoms with Gasteiger partial charge in [0.25, 0.3) is 0 Å². The summed E-state index contributed by atoms with van der Waals surface area (Å²) in [7, 11) is 0. The Morgan fingerprint density at radius 1 is 1.29 bits per heavy atom. The average Bonchev–Trinajstić information content (AvgIpc) is 2.07. The van der Waals surface area contributed by atoms with Crippen LogP contribution in [0.15, 0.2) is 0 Å². The Balaban J connectivity index is 2.53. The zero-order valence-corrected chi connectivity index (χ0v) is 10.9. The van der Waals surface area contributed by atoms with Crippen molar-refractivity contribution < 1.29 is 0 Å². The van der Waals surface area contributed by atoms with Crippen LogP contribution in [-0.4, -0.2) is 17.0 Å². The maximum atomic E-state index is 6.15. The molecule has 1 aliphatic carbocycles. The standard InChI is InChI=1S/C12H25NS/c1-5-14-11-8-9(12(2,3)4)6-7-10(11)13/h9-11H,5-8,13H2,1-4H3. The molecule has 0 radical (unpaired) electrons. The van der Waals surface area contributed by atoms with Gasteiger partial charge in [-0.3, -0.25) is 0 Å². The Morgan fingerprint density at radius 3 is 2.43 bits per heavy atom. The second-order valence-electron chi connectivity index (χ2n) is 5.53. The predicted molar refractivity (Wildman–Crippen MR) is 66.7 cm³/mol. The summed E-state index contributed by atoms with van der Waals surface area (Å²) in [6.07, 6.45) is 3.87. The molecule has 14 heavy (non-hydrogen) atoms. The lowest BCUT2D eigenvalue weighted by Gasteiger charge is -2.40. The molecule has 1 aliphatic rings. The predicted octanol–water partition coefficient (Wildman–Crippen LogP) is 3.28. The fourth-order valence-electron chi connectivity index (χ4n) is 2.34. The maximum Gasteiger partial charge on any atom is 0.0201 e. The molecule has 0 amide bonds. The van der Waals surface area contributed by atoms with Crippen LogP contribution in [0.25, 0.3) is 0 Å². The van der Waals surface area contributed by atoms with Gasteiger partial charge in [-0.05, 0) is 36.3 Å². The lowest BCUT2D eigenvalue weighted by atomic mass is 9.71. The first kappa shape index (κ1) is 12.4. The maximum absolute atomic E-state index is 6.15. The van der Waals surface area contributed by atoms with Crippen LogP contribution < -0.4 is 5.73 Å². The van der Waals surface area contributed by atoms with Gasteiger partial charge in [0.15, 0.2) is 0 Å². The molecular weight excluding hydrogens is 190 g/mol. The van der Waals surface area contributed by atoms with E-state index in [-0.39, 0.29) is 0 Å². The number of hydrogen-bond donors (Lipinski definition) is 1. The molecule has 1 rings (SSSR count). The first-order valence-electron chi connectivity index (χ1n) is 5.82. The third kappa shape index (κ3) is 3.16. The van der Waals surface area contributed by atoms with Gasteiger partial charge in [-0.2, -0.15) is 11.8 Å². The fourth-order valence-corrected chi connectivity index (χ4v) is 3.52. The van der Waals surface area contributed by atoms with Gasteiger partial charge >= 0.3 is 0 Å². The van der Waals surface area contributed by atoms with Crippen molar-refractivity contribution in [3.8, 4) is 0 Å². The number of rotatable bonds is 2. The first-order valence-corrected chi connectivity index (χ1v) is 6.87. The SMILES string of the molecule is CCSC1CC(C(C)(C)C)CCC1N. The second kappa shape index (κ2) is 4.89. The molecule has 0 spiro atoms. The van der Waals surface area contributed by atoms with Crippen molar-refractivity contribution in [1.82, 2.24) is 0 Å². The van der Waals surface area contributed by atoms with E-state index in [1.807, 2.05) is 0 Å². The Labute approximate surface area is 93.2 Å². The van der Waals surface area contributed by atoms with Crippen molar-refractivity contribution in [2.24, 2.45) is 17.1 Å². The van der Waals surface area contributed by atoms with Crippen LogP contribution in [0.1, 0.15) is 47.0 Å². The monoisotopic (exact) mass is 215 g/mol. The van der Waals surface area contributed by atoms with Crippen molar-refractivity contribution >= 4 is 11.8 Å². The molecule has 0 saturated heterocycles. The summed E-state index contributed by atoms with van der Waals surface area (Å²) >= 11 is 2.06. The molecule has 84 valence electrons. The van der Waals surface area contributed by atoms with Gasteiger partial charge in [0.2, 0.25) is 0 Å². The van der Waals surface area contributed by atoms with Crippen LogP contribution in [0.3, 0.4) is 0 Å². The van der Waals surface area contributed by atoms with Gasteiger partial charge in [-0.1, -0.05) is 27.7 Å². The molecule has 0 heterocycles. The number of nitrogens with two attached hydrogens (primary N) is 1. The topological polar surface area (TPSA) is 26.0 Å². The second-order valence-corrected chi connectivity index (χ2v) is 7.05. The van der Waals surface area contributed by atoms with Gasteiger partial charge in [0, 0.05) is 11.3 Å². The van der Waals surface area contributed by atoms with E-state index in [1.54, 1.807) is 0 Å². The minimum atomic E-state index is 0.443. The van der Waals surface area contributed by atoms with Gasteiger partial charge in [-0.25, -0.2) is 0 Å². The van der Waals surface area contributed by atoms with E-state index in [1.165, 1.54) is 25.0 Å². The molecule has 2 N–H and O–H groups in total. The molecule has 0 bridgehead atoms. The molecule has 1 saturated carbocycles. The lowest BCUT2D eigenvalue weighted by Crippen LogP contribution is -2.41. The van der Waals surface area contributed by atoms with Crippen molar-refractivity contribution in [2.45, 2.75) is 58.2 Å². The number of hydrogen-bond acceptors (Lipinski definition) is 2.